The van der Waals surface area contributed by atoms with Crippen LogP contribution in [-0.2, 0) is 74.9 Å². The lowest BCUT2D eigenvalue weighted by molar-refractivity contribution is -0.161. The molecule has 7 rings (SSSR count). The molecule has 0 radical (unpaired) electrons. The van der Waals surface area contributed by atoms with Crippen LogP contribution in [0.4, 0.5) is 54.5 Å². The Balaban J connectivity index is 1.47. The lowest BCUT2D eigenvalue weighted by Gasteiger charge is -2.35. The van der Waals surface area contributed by atoms with Gasteiger partial charge in [-0.05, 0) is 88.3 Å². The number of phosphoric ester groups is 1. The Hall–Kier alpha value is -6.36. The molecule has 3 heterocycles. The summed E-state index contributed by atoms with van der Waals surface area (Å²) < 4.78 is 219. The summed E-state index contributed by atoms with van der Waals surface area (Å²) in [6.07, 6.45) is -10.4. The normalized spacial score (nSPS) is 16.8. The number of rotatable bonds is 16. The second-order valence-corrected chi connectivity index (χ2v) is 25.7. The van der Waals surface area contributed by atoms with Crippen LogP contribution in [0.5, 0.6) is 0 Å². The zero-order valence-corrected chi connectivity index (χ0v) is 45.6. The largest absolute Gasteiger partial charge is 0.472 e. The van der Waals surface area contributed by atoms with Crippen LogP contribution in [0.1, 0.15) is 80.0 Å². The first kappa shape index (κ1) is 61.3. The van der Waals surface area contributed by atoms with Crippen molar-refractivity contribution in [1.82, 2.24) is 34.8 Å². The average molecular weight is 1220 g/mol. The van der Waals surface area contributed by atoms with Crippen LogP contribution in [0.15, 0.2) is 42.5 Å². The van der Waals surface area contributed by atoms with Crippen LogP contribution < -0.4 is 9.62 Å². The number of sulfonamides is 1. The van der Waals surface area contributed by atoms with Gasteiger partial charge in [-0.15, -0.1) is 0 Å². The van der Waals surface area contributed by atoms with E-state index in [1.807, 2.05) is 0 Å². The number of pyridine rings is 1. The summed E-state index contributed by atoms with van der Waals surface area (Å²) in [6.45, 7) is -0.507. The van der Waals surface area contributed by atoms with E-state index in [1.165, 1.54) is 13.8 Å². The molecule has 434 valence electrons. The number of likely N-dealkylation sites (N-methyl/N-ethyl adjacent to an activating group) is 1. The number of amides is 3. The predicted molar refractivity (Wildman–Crippen MR) is 261 cm³/mol. The van der Waals surface area contributed by atoms with Crippen LogP contribution in [0.3, 0.4) is 0 Å². The molecular weight excluding hydrogens is 1180 g/mol. The molecule has 2 aromatic carbocycles. The van der Waals surface area contributed by atoms with Gasteiger partial charge in [0, 0.05) is 42.0 Å². The van der Waals surface area contributed by atoms with Crippen molar-refractivity contribution in [3.05, 3.63) is 93.0 Å². The lowest BCUT2D eigenvalue weighted by atomic mass is 9.93. The molecular formula is C46H44ClF10N8O12PS2. The molecule has 3 N–H and O–H groups in total. The van der Waals surface area contributed by atoms with Crippen molar-refractivity contribution in [2.45, 2.75) is 94.1 Å². The number of fused-ring (bicyclic) bond motifs is 4. The van der Waals surface area contributed by atoms with E-state index in [4.69, 9.17) is 26.1 Å². The quantitative estimate of drug-likeness (QED) is 0.0284. The van der Waals surface area contributed by atoms with Crippen LogP contribution in [-0.4, -0.2) is 117 Å². The van der Waals surface area contributed by atoms with Gasteiger partial charge in [0.05, 0.1) is 33.9 Å². The van der Waals surface area contributed by atoms with E-state index in [0.717, 1.165) is 63.5 Å². The van der Waals surface area contributed by atoms with Gasteiger partial charge in [0.15, 0.2) is 21.3 Å². The first-order valence-corrected chi connectivity index (χ1v) is 28.5. The van der Waals surface area contributed by atoms with Crippen LogP contribution in [0.25, 0.3) is 22.0 Å². The molecule has 3 aromatic heterocycles. The Morgan fingerprint density at radius 3 is 2.12 bits per heavy atom. The fraction of sp³-hybridized carbons (Fsp3) is 0.435. The molecule has 1 fully saturated rings. The minimum atomic E-state index is -5.27. The molecule has 2 aliphatic carbocycles. The van der Waals surface area contributed by atoms with E-state index in [2.05, 4.69) is 36.9 Å². The van der Waals surface area contributed by atoms with Crippen molar-refractivity contribution in [1.29, 1.82) is 0 Å². The van der Waals surface area contributed by atoms with E-state index in [9.17, 15) is 70.9 Å². The molecule has 0 spiro atoms. The Morgan fingerprint density at radius 2 is 1.56 bits per heavy atom. The molecule has 34 heteroatoms. The highest BCUT2D eigenvalue weighted by Crippen LogP contribution is 2.68. The maximum absolute atomic E-state index is 15.7. The van der Waals surface area contributed by atoms with Gasteiger partial charge >= 0.3 is 32.2 Å². The first-order valence-electron chi connectivity index (χ1n) is 22.9. The number of sulfone groups is 1. The summed E-state index contributed by atoms with van der Waals surface area (Å²) in [5, 5.41) is 8.29. The van der Waals surface area contributed by atoms with E-state index in [0.29, 0.717) is 17.2 Å². The number of urea groups is 1. The van der Waals surface area contributed by atoms with Crippen molar-refractivity contribution in [3.63, 3.8) is 0 Å². The van der Waals surface area contributed by atoms with E-state index in [-0.39, 0.29) is 31.3 Å². The smallest absolute Gasteiger partial charge is 0.436 e. The van der Waals surface area contributed by atoms with E-state index < -0.39 is 185 Å². The van der Waals surface area contributed by atoms with Gasteiger partial charge in [-0.3, -0.25) is 14.2 Å². The fourth-order valence-corrected chi connectivity index (χ4v) is 10.1. The zero-order chi connectivity index (χ0) is 60.0. The third-order valence-electron chi connectivity index (χ3n) is 13.0. The number of carbonyl (C=O) groups excluding carboxylic acids is 3. The number of nitrogens with zero attached hydrogens (tertiary/aromatic N) is 7. The Bertz CT molecular complexity index is 3710. The predicted octanol–water partition coefficient (Wildman–Crippen LogP) is 7.50. The number of hydrogen-bond acceptors (Lipinski definition) is 13. The third kappa shape index (κ3) is 12.6. The SMILES string of the molecule is CN(C(=O)N(c1nn(CC(F)(F)F)c2c(-c3ccc(C#CC(C)(C)S(C)(=O)=O)nc3C(Cc3cc(F)cc(F)c3)NC(=O)Cn3nc(C(F)(F)F)c4c3C(F)(F)[C@@H]3C[C@H]43)ccc(Cl)c12)S(C)(=O)=O)C(C)(C)C(=O)OCOP(=O)(O)O. The molecule has 1 unspecified atom stereocenters. The number of esters is 1. The number of anilines is 1. The number of carbonyl (C=O) groups is 3. The molecule has 0 bridgehead atoms. The van der Waals surface area contributed by atoms with Gasteiger partial charge in [0.1, 0.15) is 46.4 Å². The number of aromatic nitrogens is 5. The van der Waals surface area contributed by atoms with Gasteiger partial charge in [0.25, 0.3) is 5.92 Å². The molecule has 0 aliphatic heterocycles. The van der Waals surface area contributed by atoms with Gasteiger partial charge in [-0.1, -0.05) is 23.6 Å². The van der Waals surface area contributed by atoms with E-state index in [1.54, 1.807) is 0 Å². The minimum absolute atomic E-state index is 0.148. The minimum Gasteiger partial charge on any atom is -0.436 e. The van der Waals surface area contributed by atoms with Gasteiger partial charge < -0.3 is 24.7 Å². The summed E-state index contributed by atoms with van der Waals surface area (Å²) in [5.74, 6) is -8.02. The molecule has 3 atom stereocenters. The summed E-state index contributed by atoms with van der Waals surface area (Å²) >= 11 is 6.68. The van der Waals surface area contributed by atoms with Crippen molar-refractivity contribution in [3.8, 4) is 23.0 Å². The van der Waals surface area contributed by atoms with Crippen LogP contribution in [0.2, 0.25) is 5.02 Å². The number of hydrogen-bond donors (Lipinski definition) is 3. The maximum atomic E-state index is 15.7. The molecule has 20 nitrogen and oxygen atoms in total. The molecule has 2 aliphatic rings. The second kappa shape index (κ2) is 20.9. The topological polar surface area (TPSA) is 263 Å². The molecule has 5 aromatic rings. The van der Waals surface area contributed by atoms with E-state index >= 15 is 8.78 Å². The lowest BCUT2D eigenvalue weighted by Crippen LogP contribution is -2.57. The van der Waals surface area contributed by atoms with Crippen LogP contribution >= 0.6 is 19.4 Å². The van der Waals surface area contributed by atoms with Gasteiger partial charge in [0.2, 0.25) is 22.7 Å². The van der Waals surface area contributed by atoms with Crippen molar-refractivity contribution >= 4 is 73.9 Å². The van der Waals surface area contributed by atoms with Crippen LogP contribution in [0, 0.1) is 29.4 Å². The molecule has 0 saturated heterocycles. The molecule has 1 saturated carbocycles. The Labute approximate surface area is 452 Å². The number of phosphoric acid groups is 1. The standard InChI is InChI=1S/C46H44ClF10N8O12PS2/c1-42(2,79(6,72)73)13-12-25-8-9-26(35(58-25)31(16-22-14-23(48)17-24(49)15-22)59-32(66)19-63-38-33(37(60-63)46(55,56)57)28-18-29(28)45(38,53)54)27-10-11-30(47)34-36(27)64(20-44(50,51)52)61-39(34)65(80(7,74)75)41(68)62(5)43(3,4)40(67)76-21-77-78(69,70)71/h8-11,14-15,17,28-29,31H,16,18-21H2,1-7H3,(H,59,66)(H2,69,70,71)/t28-,29+,31?/m0/s1. The average Bonchev–Trinajstić information content (AvgIpc) is 3.83. The Morgan fingerprint density at radius 1 is 0.950 bits per heavy atom. The highest BCUT2D eigenvalue weighted by molar-refractivity contribution is 7.93. The number of ether oxygens (including phenoxy) is 1. The number of alkyl halides is 8. The highest BCUT2D eigenvalue weighted by Gasteiger charge is 2.68. The first-order chi connectivity index (χ1) is 36.4. The summed E-state index contributed by atoms with van der Waals surface area (Å²) in [4.78, 5) is 64.7. The summed E-state index contributed by atoms with van der Waals surface area (Å²) in [6, 6.07) is 2.54. The third-order valence-corrected chi connectivity index (χ3v) is 16.7. The number of nitrogens with one attached hydrogen (secondary N) is 1. The van der Waals surface area contributed by atoms with Crippen molar-refractivity contribution in [2.24, 2.45) is 5.92 Å². The molecule has 80 heavy (non-hydrogen) atoms. The number of halogens is 11. The summed E-state index contributed by atoms with van der Waals surface area (Å²) in [5.41, 5.74) is -8.86. The zero-order valence-electron chi connectivity index (χ0n) is 42.3. The van der Waals surface area contributed by atoms with Gasteiger partial charge in [-0.2, -0.15) is 49.6 Å². The monoisotopic (exact) mass is 1220 g/mol. The van der Waals surface area contributed by atoms with Crippen molar-refractivity contribution < 1.29 is 98.7 Å². The van der Waals surface area contributed by atoms with Gasteiger partial charge in [-0.25, -0.2) is 49.3 Å². The fourth-order valence-electron chi connectivity index (χ4n) is 8.63. The summed E-state index contributed by atoms with van der Waals surface area (Å²) in [7, 11) is -13.5. The highest BCUT2D eigenvalue weighted by atomic mass is 35.5. The second-order valence-electron chi connectivity index (χ2n) is 19.6. The number of benzene rings is 2. The maximum Gasteiger partial charge on any atom is 0.472 e. The Kier molecular flexibility index (Phi) is 16.0. The molecule has 3 amide bonds. The van der Waals surface area contributed by atoms with Crippen molar-refractivity contribution in [2.75, 3.05) is 30.7 Å².